The number of rotatable bonds is 11. The largest absolute Gasteiger partial charge is 0.487 e. The molecule has 2 N–H and O–H groups in total. The molecule has 0 heterocycles. The van der Waals surface area contributed by atoms with Gasteiger partial charge >= 0.3 is 0 Å². The summed E-state index contributed by atoms with van der Waals surface area (Å²) in [6, 6.07) is 15.3. The Morgan fingerprint density at radius 2 is 1.70 bits per heavy atom. The lowest BCUT2D eigenvalue weighted by Gasteiger charge is -2.17. The zero-order valence-corrected chi connectivity index (χ0v) is 17.0. The van der Waals surface area contributed by atoms with Crippen molar-refractivity contribution in [3.8, 4) is 17.6 Å². The molecule has 0 aliphatic rings. The van der Waals surface area contributed by atoms with Crippen molar-refractivity contribution in [2.45, 2.75) is 13.3 Å². The molecule has 2 aromatic rings. The van der Waals surface area contributed by atoms with Crippen LogP contribution in [0.5, 0.6) is 11.5 Å². The molecular formula is C24H25N3O3. The van der Waals surface area contributed by atoms with E-state index in [0.717, 1.165) is 11.3 Å². The lowest BCUT2D eigenvalue weighted by Crippen LogP contribution is -2.11. The standard InChI is InChI=1S/C24H25N3O3/c1-4-11-29-22-14-19(15-23(30-12-5-2)24(22)27-18(3)28)13-20(16-25)17-26-21-9-7-6-8-10-21/h4-10,14-15,17,26H,1-2,11-13H2,3H3,(H,27,28). The first-order valence-electron chi connectivity index (χ1n) is 9.40. The van der Waals surface area contributed by atoms with Crippen LogP contribution in [0.3, 0.4) is 0 Å². The number of carbonyl (C=O) groups is 1. The molecular weight excluding hydrogens is 378 g/mol. The van der Waals surface area contributed by atoms with Crippen molar-refractivity contribution >= 4 is 17.3 Å². The number of nitrogens with zero attached hydrogens (tertiary/aromatic N) is 1. The Hall–Kier alpha value is -3.98. The highest BCUT2D eigenvalue weighted by molar-refractivity contribution is 5.92. The minimum Gasteiger partial charge on any atom is -0.487 e. The molecule has 0 unspecified atom stereocenters. The molecule has 0 spiro atoms. The molecule has 6 nitrogen and oxygen atoms in total. The molecule has 1 amide bonds. The summed E-state index contributed by atoms with van der Waals surface area (Å²) in [6.45, 7) is 9.24. The number of nitrogens with one attached hydrogen (secondary N) is 2. The van der Waals surface area contributed by atoms with E-state index in [1.165, 1.54) is 6.92 Å². The molecule has 0 bridgehead atoms. The molecule has 0 aliphatic carbocycles. The van der Waals surface area contributed by atoms with Crippen LogP contribution in [0.25, 0.3) is 0 Å². The van der Waals surface area contributed by atoms with Crippen LogP contribution in [0, 0.1) is 11.3 Å². The smallest absolute Gasteiger partial charge is 0.221 e. The average Bonchev–Trinajstić information content (AvgIpc) is 2.75. The van der Waals surface area contributed by atoms with Crippen molar-refractivity contribution in [2.24, 2.45) is 0 Å². The molecule has 0 aliphatic heterocycles. The maximum absolute atomic E-state index is 11.7. The van der Waals surface area contributed by atoms with Gasteiger partial charge in [-0.1, -0.05) is 43.5 Å². The van der Waals surface area contributed by atoms with E-state index < -0.39 is 0 Å². The van der Waals surface area contributed by atoms with E-state index in [9.17, 15) is 10.1 Å². The third-order valence-electron chi connectivity index (χ3n) is 3.87. The number of amides is 1. The lowest BCUT2D eigenvalue weighted by atomic mass is 10.0. The molecule has 6 heteroatoms. The third-order valence-corrected chi connectivity index (χ3v) is 3.87. The number of ether oxygens (including phenoxy) is 2. The second-order valence-electron chi connectivity index (χ2n) is 6.32. The summed E-state index contributed by atoms with van der Waals surface area (Å²) in [6.07, 6.45) is 5.24. The fraction of sp³-hybridized carbons (Fsp3) is 0.167. The summed E-state index contributed by atoms with van der Waals surface area (Å²) in [7, 11) is 0. The summed E-state index contributed by atoms with van der Waals surface area (Å²) in [5, 5.41) is 15.4. The van der Waals surface area contributed by atoms with Crippen molar-refractivity contribution in [2.75, 3.05) is 23.8 Å². The number of carbonyl (C=O) groups excluding carboxylic acids is 1. The Bertz CT molecular complexity index is 926. The normalized spacial score (nSPS) is 10.5. The molecule has 0 fully saturated rings. The SMILES string of the molecule is C=CCOc1cc(CC(C#N)=CNc2ccccc2)cc(OCC=C)c1NC(C)=O. The molecule has 30 heavy (non-hydrogen) atoms. The summed E-state index contributed by atoms with van der Waals surface area (Å²) >= 11 is 0. The highest BCUT2D eigenvalue weighted by atomic mass is 16.5. The van der Waals surface area contributed by atoms with Gasteiger partial charge in [0.15, 0.2) is 0 Å². The Morgan fingerprint density at radius 1 is 1.10 bits per heavy atom. The number of allylic oxidation sites excluding steroid dienone is 1. The van der Waals surface area contributed by atoms with Crippen molar-refractivity contribution in [3.63, 3.8) is 0 Å². The quantitative estimate of drug-likeness (QED) is 0.414. The number of anilines is 2. The highest BCUT2D eigenvalue weighted by Gasteiger charge is 2.16. The predicted molar refractivity (Wildman–Crippen MR) is 120 cm³/mol. The molecule has 0 saturated heterocycles. The van der Waals surface area contributed by atoms with Gasteiger partial charge in [-0.15, -0.1) is 0 Å². The lowest BCUT2D eigenvalue weighted by molar-refractivity contribution is -0.114. The fourth-order valence-corrected chi connectivity index (χ4v) is 2.62. The summed E-state index contributed by atoms with van der Waals surface area (Å²) < 4.78 is 11.5. The van der Waals surface area contributed by atoms with Crippen LogP contribution in [0.1, 0.15) is 12.5 Å². The van der Waals surface area contributed by atoms with Crippen LogP contribution >= 0.6 is 0 Å². The fourth-order valence-electron chi connectivity index (χ4n) is 2.62. The Labute approximate surface area is 177 Å². The van der Waals surface area contributed by atoms with Crippen LogP contribution < -0.4 is 20.1 Å². The van der Waals surface area contributed by atoms with E-state index in [1.54, 1.807) is 30.5 Å². The first kappa shape index (κ1) is 22.3. The summed E-state index contributed by atoms with van der Waals surface area (Å²) in [5.74, 6) is 0.629. The minimum atomic E-state index is -0.251. The number of hydrogen-bond donors (Lipinski definition) is 2. The van der Waals surface area contributed by atoms with E-state index in [-0.39, 0.29) is 19.1 Å². The van der Waals surface area contributed by atoms with E-state index in [0.29, 0.717) is 29.2 Å². The van der Waals surface area contributed by atoms with Gasteiger partial charge in [0, 0.05) is 30.8 Å². The van der Waals surface area contributed by atoms with Crippen molar-refractivity contribution in [1.82, 2.24) is 0 Å². The van der Waals surface area contributed by atoms with Gasteiger partial charge in [0.2, 0.25) is 5.91 Å². The van der Waals surface area contributed by atoms with Gasteiger partial charge in [0.05, 0.1) is 6.07 Å². The van der Waals surface area contributed by atoms with Gasteiger partial charge in [0.25, 0.3) is 0 Å². The first-order chi connectivity index (χ1) is 14.6. The van der Waals surface area contributed by atoms with Gasteiger partial charge in [0.1, 0.15) is 30.4 Å². The monoisotopic (exact) mass is 403 g/mol. The molecule has 2 rings (SSSR count). The van der Waals surface area contributed by atoms with Gasteiger partial charge in [-0.25, -0.2) is 0 Å². The van der Waals surface area contributed by atoms with Gasteiger partial charge in [-0.3, -0.25) is 4.79 Å². The second kappa shape index (κ2) is 11.8. The minimum absolute atomic E-state index is 0.251. The van der Waals surface area contributed by atoms with Crippen LogP contribution in [-0.2, 0) is 11.2 Å². The summed E-state index contributed by atoms with van der Waals surface area (Å²) in [5.41, 5.74) is 2.64. The zero-order chi connectivity index (χ0) is 21.8. The third kappa shape index (κ3) is 6.88. The Morgan fingerprint density at radius 3 is 2.20 bits per heavy atom. The summed E-state index contributed by atoms with van der Waals surface area (Å²) in [4.78, 5) is 11.7. The zero-order valence-electron chi connectivity index (χ0n) is 17.0. The van der Waals surface area contributed by atoms with Crippen molar-refractivity contribution in [1.29, 1.82) is 5.26 Å². The van der Waals surface area contributed by atoms with E-state index in [4.69, 9.17) is 9.47 Å². The molecule has 0 atom stereocenters. The van der Waals surface area contributed by atoms with Crippen LogP contribution in [0.4, 0.5) is 11.4 Å². The number of nitriles is 1. The van der Waals surface area contributed by atoms with Gasteiger partial charge in [-0.2, -0.15) is 5.26 Å². The number of benzene rings is 2. The molecule has 0 saturated carbocycles. The van der Waals surface area contributed by atoms with E-state index in [2.05, 4.69) is 29.9 Å². The van der Waals surface area contributed by atoms with E-state index >= 15 is 0 Å². The van der Waals surface area contributed by atoms with Crippen LogP contribution in [0.2, 0.25) is 0 Å². The van der Waals surface area contributed by atoms with Gasteiger partial charge in [-0.05, 0) is 29.8 Å². The number of hydrogen-bond acceptors (Lipinski definition) is 5. The molecule has 0 aromatic heterocycles. The Kier molecular flexibility index (Phi) is 8.75. The molecule has 0 radical (unpaired) electrons. The molecule has 2 aromatic carbocycles. The highest BCUT2D eigenvalue weighted by Crippen LogP contribution is 2.37. The van der Waals surface area contributed by atoms with Crippen molar-refractivity contribution in [3.05, 3.63) is 85.1 Å². The van der Waals surface area contributed by atoms with Crippen LogP contribution in [-0.4, -0.2) is 19.1 Å². The van der Waals surface area contributed by atoms with Gasteiger partial charge < -0.3 is 20.1 Å². The molecule has 154 valence electrons. The maximum Gasteiger partial charge on any atom is 0.221 e. The number of para-hydroxylation sites is 1. The van der Waals surface area contributed by atoms with Crippen molar-refractivity contribution < 1.29 is 14.3 Å². The van der Waals surface area contributed by atoms with E-state index in [1.807, 2.05) is 30.3 Å². The van der Waals surface area contributed by atoms with Crippen LogP contribution in [0.15, 0.2) is 79.5 Å². The topological polar surface area (TPSA) is 83.4 Å². The average molecular weight is 403 g/mol. The maximum atomic E-state index is 11.7. The second-order valence-corrected chi connectivity index (χ2v) is 6.32. The predicted octanol–water partition coefficient (Wildman–Crippen LogP) is 4.84. The first-order valence-corrected chi connectivity index (χ1v) is 9.40. The Balaban J connectivity index is 2.36.